The van der Waals surface area contributed by atoms with Gasteiger partial charge in [-0.2, -0.15) is 4.68 Å². The predicted molar refractivity (Wildman–Crippen MR) is 102 cm³/mol. The van der Waals surface area contributed by atoms with Gasteiger partial charge in [0.25, 0.3) is 0 Å². The number of Topliss-reactive ketones (excluding diaryl/α,β-unsaturated/α-hetero) is 1. The highest BCUT2D eigenvalue weighted by atomic mass is 16.5. The second-order valence-corrected chi connectivity index (χ2v) is 6.35. The molecule has 0 radical (unpaired) electrons. The zero-order valence-electron chi connectivity index (χ0n) is 16.0. The van der Waals surface area contributed by atoms with Gasteiger partial charge in [-0.3, -0.25) is 4.79 Å². The van der Waals surface area contributed by atoms with E-state index in [1.165, 1.54) is 11.6 Å². The Morgan fingerprint density at radius 2 is 1.86 bits per heavy atom. The van der Waals surface area contributed by atoms with Crippen LogP contribution in [0.5, 0.6) is 23.3 Å². The molecule has 0 atom stereocenters. The number of rotatable bonds is 8. The normalized spacial score (nSPS) is 10.7. The lowest BCUT2D eigenvalue weighted by Gasteiger charge is -2.14. The van der Waals surface area contributed by atoms with E-state index in [0.29, 0.717) is 29.5 Å². The van der Waals surface area contributed by atoms with Crippen molar-refractivity contribution in [2.24, 2.45) is 7.05 Å². The molecule has 0 spiro atoms. The number of phenols is 1. The van der Waals surface area contributed by atoms with E-state index in [0.717, 1.165) is 17.5 Å². The highest BCUT2D eigenvalue weighted by Gasteiger charge is 2.15. The summed E-state index contributed by atoms with van der Waals surface area (Å²) >= 11 is 0. The first-order valence-corrected chi connectivity index (χ1v) is 8.97. The third kappa shape index (κ3) is 4.28. The van der Waals surface area contributed by atoms with Crippen LogP contribution in [0.2, 0.25) is 0 Å². The van der Waals surface area contributed by atoms with Gasteiger partial charge in [-0.25, -0.2) is 0 Å². The molecular formula is C20H22N4O4. The Labute approximate surface area is 162 Å². The summed E-state index contributed by atoms with van der Waals surface area (Å²) in [4.78, 5) is 11.7. The molecule has 0 aliphatic carbocycles. The summed E-state index contributed by atoms with van der Waals surface area (Å²) < 4.78 is 12.9. The van der Waals surface area contributed by atoms with Crippen LogP contribution < -0.4 is 9.47 Å². The molecule has 146 valence electrons. The topological polar surface area (TPSA) is 99.4 Å². The summed E-state index contributed by atoms with van der Waals surface area (Å²) in [6.45, 7) is 3.76. The SMILES string of the molecule is CCCc1c(COc2ccc(Oc3nnnn3C)cc2)ccc(C(C)=O)c1O. The number of carbonyl (C=O) groups excluding carboxylic acids is 1. The van der Waals surface area contributed by atoms with Crippen LogP contribution >= 0.6 is 0 Å². The molecule has 0 aliphatic rings. The van der Waals surface area contributed by atoms with Crippen molar-refractivity contribution < 1.29 is 19.4 Å². The van der Waals surface area contributed by atoms with E-state index in [1.807, 2.05) is 13.0 Å². The number of carbonyl (C=O) groups is 1. The van der Waals surface area contributed by atoms with Crippen molar-refractivity contribution in [2.45, 2.75) is 33.3 Å². The van der Waals surface area contributed by atoms with Crippen LogP contribution in [0.15, 0.2) is 36.4 Å². The van der Waals surface area contributed by atoms with Crippen LogP contribution in [-0.2, 0) is 20.1 Å². The average molecular weight is 382 g/mol. The van der Waals surface area contributed by atoms with Crippen molar-refractivity contribution in [2.75, 3.05) is 0 Å². The molecule has 1 aromatic heterocycles. The molecule has 8 heteroatoms. The molecule has 0 unspecified atom stereocenters. The number of benzene rings is 2. The Hall–Kier alpha value is -3.42. The lowest BCUT2D eigenvalue weighted by atomic mass is 9.97. The minimum Gasteiger partial charge on any atom is -0.507 e. The Bertz CT molecular complexity index is 967. The first-order chi connectivity index (χ1) is 13.5. The Morgan fingerprint density at radius 3 is 2.46 bits per heavy atom. The molecule has 0 bridgehead atoms. The van der Waals surface area contributed by atoms with Gasteiger partial charge in [0, 0.05) is 12.6 Å². The summed E-state index contributed by atoms with van der Waals surface area (Å²) in [5, 5.41) is 21.4. The maximum absolute atomic E-state index is 11.7. The van der Waals surface area contributed by atoms with Gasteiger partial charge in [0.05, 0.1) is 5.56 Å². The van der Waals surface area contributed by atoms with Crippen LogP contribution in [0.3, 0.4) is 0 Å². The smallest absolute Gasteiger partial charge is 0.340 e. The zero-order valence-corrected chi connectivity index (χ0v) is 16.0. The van der Waals surface area contributed by atoms with Gasteiger partial charge < -0.3 is 14.6 Å². The standard InChI is InChI=1S/C20H22N4O4/c1-4-5-18-14(6-11-17(13(2)25)19(18)26)12-27-15-7-9-16(10-8-15)28-20-21-22-23-24(20)3/h6-11,26H,4-5,12H2,1-3H3. The van der Waals surface area contributed by atoms with E-state index in [2.05, 4.69) is 15.5 Å². The van der Waals surface area contributed by atoms with E-state index in [1.54, 1.807) is 37.4 Å². The minimum atomic E-state index is -0.156. The van der Waals surface area contributed by atoms with Gasteiger partial charge in [-0.15, -0.1) is 0 Å². The Kier molecular flexibility index (Phi) is 5.88. The van der Waals surface area contributed by atoms with E-state index in [-0.39, 0.29) is 18.1 Å². The van der Waals surface area contributed by atoms with Gasteiger partial charge in [-0.05, 0) is 59.7 Å². The maximum atomic E-state index is 11.7. The molecule has 1 N–H and O–H groups in total. The van der Waals surface area contributed by atoms with Crippen LogP contribution in [0.1, 0.15) is 41.8 Å². The Morgan fingerprint density at radius 1 is 1.14 bits per heavy atom. The second kappa shape index (κ2) is 8.51. The van der Waals surface area contributed by atoms with E-state index < -0.39 is 0 Å². The predicted octanol–water partition coefficient (Wildman–Crippen LogP) is 3.44. The first kappa shape index (κ1) is 19.3. The number of ether oxygens (including phenoxy) is 2. The van der Waals surface area contributed by atoms with Crippen molar-refractivity contribution >= 4 is 5.78 Å². The van der Waals surface area contributed by atoms with Gasteiger partial charge >= 0.3 is 6.01 Å². The number of aromatic hydroxyl groups is 1. The molecule has 0 aliphatic heterocycles. The van der Waals surface area contributed by atoms with Gasteiger partial charge in [-0.1, -0.05) is 24.5 Å². The molecule has 2 aromatic carbocycles. The molecule has 0 saturated heterocycles. The molecular weight excluding hydrogens is 360 g/mol. The molecule has 28 heavy (non-hydrogen) atoms. The fourth-order valence-electron chi connectivity index (χ4n) is 2.80. The van der Waals surface area contributed by atoms with Gasteiger partial charge in [0.1, 0.15) is 23.9 Å². The number of phenolic OH excluding ortho intramolecular Hbond substituents is 1. The van der Waals surface area contributed by atoms with E-state index >= 15 is 0 Å². The van der Waals surface area contributed by atoms with Crippen molar-refractivity contribution in [3.63, 3.8) is 0 Å². The largest absolute Gasteiger partial charge is 0.507 e. The molecule has 3 rings (SSSR count). The summed E-state index contributed by atoms with van der Waals surface area (Å²) in [5.74, 6) is 1.13. The fourth-order valence-corrected chi connectivity index (χ4v) is 2.80. The van der Waals surface area contributed by atoms with Crippen LogP contribution in [0.25, 0.3) is 0 Å². The van der Waals surface area contributed by atoms with Gasteiger partial charge in [0.15, 0.2) is 5.78 Å². The number of aryl methyl sites for hydroxylation is 1. The van der Waals surface area contributed by atoms with Crippen molar-refractivity contribution in [1.82, 2.24) is 20.2 Å². The molecule has 0 fully saturated rings. The lowest BCUT2D eigenvalue weighted by Crippen LogP contribution is -2.04. The highest BCUT2D eigenvalue weighted by molar-refractivity contribution is 5.97. The minimum absolute atomic E-state index is 0.0523. The van der Waals surface area contributed by atoms with Crippen molar-refractivity contribution in [1.29, 1.82) is 0 Å². The first-order valence-electron chi connectivity index (χ1n) is 8.97. The second-order valence-electron chi connectivity index (χ2n) is 6.35. The molecule has 0 amide bonds. The van der Waals surface area contributed by atoms with Crippen LogP contribution in [0.4, 0.5) is 0 Å². The van der Waals surface area contributed by atoms with Gasteiger partial charge in [0.2, 0.25) is 0 Å². The van der Waals surface area contributed by atoms with Crippen molar-refractivity contribution in [3.8, 4) is 23.3 Å². The summed E-state index contributed by atoms with van der Waals surface area (Å²) in [6, 6.07) is 10.8. The quantitative estimate of drug-likeness (QED) is 0.596. The number of hydrogen-bond donors (Lipinski definition) is 1. The van der Waals surface area contributed by atoms with E-state index in [9.17, 15) is 9.90 Å². The lowest BCUT2D eigenvalue weighted by molar-refractivity contribution is 0.101. The number of nitrogens with zero attached hydrogens (tertiary/aromatic N) is 4. The maximum Gasteiger partial charge on any atom is 0.340 e. The fraction of sp³-hybridized carbons (Fsp3) is 0.300. The molecule has 1 heterocycles. The summed E-state index contributed by atoms with van der Waals surface area (Å²) in [5.41, 5.74) is 1.95. The van der Waals surface area contributed by atoms with Crippen LogP contribution in [0, 0.1) is 0 Å². The van der Waals surface area contributed by atoms with Crippen LogP contribution in [-0.4, -0.2) is 31.1 Å². The Balaban J connectivity index is 1.70. The number of aromatic nitrogens is 4. The number of hydrogen-bond acceptors (Lipinski definition) is 7. The molecule has 8 nitrogen and oxygen atoms in total. The summed E-state index contributed by atoms with van der Waals surface area (Å²) in [7, 11) is 1.69. The third-order valence-electron chi connectivity index (χ3n) is 4.27. The zero-order chi connectivity index (χ0) is 20.1. The summed E-state index contributed by atoms with van der Waals surface area (Å²) in [6.07, 6.45) is 1.52. The molecule has 3 aromatic rings. The number of tetrazole rings is 1. The third-order valence-corrected chi connectivity index (χ3v) is 4.27. The van der Waals surface area contributed by atoms with Crippen molar-refractivity contribution in [3.05, 3.63) is 53.1 Å². The highest BCUT2D eigenvalue weighted by Crippen LogP contribution is 2.29. The molecule has 0 saturated carbocycles. The number of ketones is 1. The van der Waals surface area contributed by atoms with E-state index in [4.69, 9.17) is 9.47 Å². The monoisotopic (exact) mass is 382 g/mol. The average Bonchev–Trinajstić information content (AvgIpc) is 3.08.